The minimum absolute atomic E-state index is 0.117. The number of rotatable bonds is 7. The molecule has 0 aliphatic heterocycles. The zero-order valence-electron chi connectivity index (χ0n) is 14.2. The van der Waals surface area contributed by atoms with Gasteiger partial charge >= 0.3 is 6.36 Å². The number of alkyl halides is 3. The third-order valence-electron chi connectivity index (χ3n) is 3.28. The second-order valence-corrected chi connectivity index (χ2v) is 5.55. The molecule has 1 amide bonds. The van der Waals surface area contributed by atoms with E-state index in [0.29, 0.717) is 18.4 Å². The van der Waals surface area contributed by atoms with Gasteiger partial charge in [-0.3, -0.25) is 10.1 Å². The smallest absolute Gasteiger partial charge is 0.406 e. The van der Waals surface area contributed by atoms with Crippen molar-refractivity contribution >= 4 is 17.8 Å². The van der Waals surface area contributed by atoms with Crippen LogP contribution in [-0.2, 0) is 11.2 Å². The number of nitrogens with zero attached hydrogens (tertiary/aromatic N) is 3. The Balaban J connectivity index is 1.95. The largest absolute Gasteiger partial charge is 0.573 e. The van der Waals surface area contributed by atoms with Crippen molar-refractivity contribution in [3.05, 3.63) is 36.2 Å². The summed E-state index contributed by atoms with van der Waals surface area (Å²) in [5, 5.41) is 5.46. The molecule has 26 heavy (non-hydrogen) atoms. The Labute approximate surface area is 148 Å². The second-order valence-electron chi connectivity index (χ2n) is 5.55. The number of ether oxygens (including phenoxy) is 1. The van der Waals surface area contributed by atoms with Crippen LogP contribution in [0.2, 0.25) is 0 Å². The van der Waals surface area contributed by atoms with Crippen LogP contribution in [0.1, 0.15) is 25.8 Å². The predicted octanol–water partition coefficient (Wildman–Crippen LogP) is 3.16. The van der Waals surface area contributed by atoms with Gasteiger partial charge in [0.05, 0.1) is 0 Å². The van der Waals surface area contributed by atoms with Crippen LogP contribution < -0.4 is 15.4 Å². The summed E-state index contributed by atoms with van der Waals surface area (Å²) in [5.41, 5.74) is 0.452. The number of amides is 1. The monoisotopic (exact) mass is 369 g/mol. The van der Waals surface area contributed by atoms with E-state index in [0.717, 1.165) is 0 Å². The van der Waals surface area contributed by atoms with Crippen LogP contribution in [0.15, 0.2) is 30.6 Å². The average Bonchev–Trinajstić information content (AvgIpc) is 2.52. The fourth-order valence-corrected chi connectivity index (χ4v) is 2.18. The summed E-state index contributed by atoms with van der Waals surface area (Å²) in [5.74, 6) is -0.140. The lowest BCUT2D eigenvalue weighted by Crippen LogP contribution is -2.20. The molecular formula is C16H18F3N5O2. The molecule has 0 aliphatic carbocycles. The van der Waals surface area contributed by atoms with E-state index < -0.39 is 6.36 Å². The first-order chi connectivity index (χ1) is 12.2. The van der Waals surface area contributed by atoms with E-state index in [-0.39, 0.29) is 29.6 Å². The molecule has 1 aromatic carbocycles. The highest BCUT2D eigenvalue weighted by Gasteiger charge is 2.31. The van der Waals surface area contributed by atoms with E-state index in [1.165, 1.54) is 25.4 Å². The second kappa shape index (κ2) is 8.45. The number of anilines is 2. The van der Waals surface area contributed by atoms with Gasteiger partial charge in [0.1, 0.15) is 12.1 Å². The summed E-state index contributed by atoms with van der Waals surface area (Å²) >= 11 is 0. The molecule has 7 nitrogen and oxygen atoms in total. The van der Waals surface area contributed by atoms with Gasteiger partial charge in [-0.05, 0) is 31.4 Å². The molecule has 0 bridgehead atoms. The quantitative estimate of drug-likeness (QED) is 0.779. The lowest BCUT2D eigenvalue weighted by molar-refractivity contribution is -0.274. The zero-order valence-corrected chi connectivity index (χ0v) is 14.2. The maximum absolute atomic E-state index is 12.4. The molecule has 1 aromatic heterocycles. The van der Waals surface area contributed by atoms with E-state index in [1.807, 2.05) is 6.92 Å². The van der Waals surface area contributed by atoms with Crippen LogP contribution in [0, 0.1) is 0 Å². The van der Waals surface area contributed by atoms with Gasteiger partial charge in [-0.15, -0.1) is 13.2 Å². The molecule has 0 aliphatic rings. The topological polar surface area (TPSA) is 89.0 Å². The summed E-state index contributed by atoms with van der Waals surface area (Å²) in [7, 11) is 0. The van der Waals surface area contributed by atoms with Crippen molar-refractivity contribution in [3.63, 3.8) is 0 Å². The number of aryl methyl sites for hydroxylation is 1. The molecule has 0 radical (unpaired) electrons. The third kappa shape index (κ3) is 6.54. The van der Waals surface area contributed by atoms with Crippen LogP contribution in [0.25, 0.3) is 0 Å². The number of carbonyl (C=O) groups excluding carboxylic acids is 1. The first-order valence-corrected chi connectivity index (χ1v) is 7.80. The number of carbonyl (C=O) groups is 1. The van der Waals surface area contributed by atoms with Crippen LogP contribution in [-0.4, -0.2) is 33.3 Å². The Kier molecular flexibility index (Phi) is 6.31. The molecule has 0 spiro atoms. The number of hydrogen-bond acceptors (Lipinski definition) is 6. The number of benzene rings is 1. The first-order valence-electron chi connectivity index (χ1n) is 7.80. The Bertz CT molecular complexity index is 755. The highest BCUT2D eigenvalue weighted by molar-refractivity contribution is 5.86. The molecule has 2 aromatic rings. The van der Waals surface area contributed by atoms with Gasteiger partial charge < -0.3 is 10.1 Å². The molecule has 10 heteroatoms. The van der Waals surface area contributed by atoms with E-state index in [4.69, 9.17) is 0 Å². The van der Waals surface area contributed by atoms with Crippen molar-refractivity contribution in [1.82, 2.24) is 15.0 Å². The van der Waals surface area contributed by atoms with E-state index in [9.17, 15) is 18.0 Å². The Morgan fingerprint density at radius 3 is 2.62 bits per heavy atom. The van der Waals surface area contributed by atoms with Gasteiger partial charge in [-0.2, -0.15) is 4.98 Å². The Hall–Kier alpha value is -2.91. The van der Waals surface area contributed by atoms with Crippen molar-refractivity contribution in [2.75, 3.05) is 10.6 Å². The van der Waals surface area contributed by atoms with Crippen LogP contribution >= 0.6 is 0 Å². The van der Waals surface area contributed by atoms with Gasteiger partial charge in [0.25, 0.3) is 0 Å². The maximum atomic E-state index is 12.4. The fourth-order valence-electron chi connectivity index (χ4n) is 2.18. The van der Waals surface area contributed by atoms with Crippen molar-refractivity contribution in [2.24, 2.45) is 0 Å². The number of para-hydroxylation sites is 1. The Morgan fingerprint density at radius 1 is 1.23 bits per heavy atom. The minimum Gasteiger partial charge on any atom is -0.406 e. The van der Waals surface area contributed by atoms with Gasteiger partial charge in [-0.1, -0.05) is 18.2 Å². The molecule has 2 rings (SSSR count). The average molecular weight is 369 g/mol. The van der Waals surface area contributed by atoms with Gasteiger partial charge in [0, 0.05) is 13.0 Å². The van der Waals surface area contributed by atoms with Crippen LogP contribution in [0.4, 0.5) is 25.1 Å². The zero-order chi connectivity index (χ0) is 19.2. The van der Waals surface area contributed by atoms with Crippen molar-refractivity contribution in [3.8, 4) is 5.75 Å². The molecule has 0 saturated heterocycles. The fraction of sp³-hybridized carbons (Fsp3) is 0.375. The normalized spacial score (nSPS) is 12.3. The highest BCUT2D eigenvalue weighted by Crippen LogP contribution is 2.27. The molecule has 1 heterocycles. The number of hydrogen-bond donors (Lipinski definition) is 2. The molecule has 140 valence electrons. The summed E-state index contributed by atoms with van der Waals surface area (Å²) < 4.78 is 41.4. The molecule has 2 N–H and O–H groups in total. The van der Waals surface area contributed by atoms with Crippen molar-refractivity contribution in [1.29, 1.82) is 0 Å². The first kappa shape index (κ1) is 19.4. The standard InChI is InChI=1S/C16H18F3N5O2/c1-10(22-14-20-9-21-15(24-14)23-11(2)25)7-8-12-5-3-4-6-13(12)26-16(17,18)19/h3-6,9-10H,7-8H2,1-2H3,(H2,20,21,22,23,24,25). The number of halogens is 3. The van der Waals surface area contributed by atoms with Crippen LogP contribution in [0.5, 0.6) is 5.75 Å². The van der Waals surface area contributed by atoms with E-state index in [2.05, 4.69) is 30.3 Å². The molecule has 0 saturated carbocycles. The van der Waals surface area contributed by atoms with Gasteiger partial charge in [0.2, 0.25) is 17.8 Å². The van der Waals surface area contributed by atoms with E-state index >= 15 is 0 Å². The maximum Gasteiger partial charge on any atom is 0.573 e. The molecular weight excluding hydrogens is 351 g/mol. The lowest BCUT2D eigenvalue weighted by Gasteiger charge is -2.16. The summed E-state index contributed by atoms with van der Waals surface area (Å²) in [6, 6.07) is 5.88. The number of aromatic nitrogens is 3. The number of nitrogens with one attached hydrogen (secondary N) is 2. The van der Waals surface area contributed by atoms with Gasteiger partial charge in [-0.25, -0.2) is 9.97 Å². The van der Waals surface area contributed by atoms with Crippen LogP contribution in [0.3, 0.4) is 0 Å². The van der Waals surface area contributed by atoms with Gasteiger partial charge in [0.15, 0.2) is 0 Å². The SMILES string of the molecule is CC(=O)Nc1ncnc(NC(C)CCc2ccccc2OC(F)(F)F)n1. The predicted molar refractivity (Wildman–Crippen MR) is 88.7 cm³/mol. The lowest BCUT2D eigenvalue weighted by atomic mass is 10.1. The van der Waals surface area contributed by atoms with Crippen molar-refractivity contribution < 1.29 is 22.7 Å². The minimum atomic E-state index is -4.73. The summed E-state index contributed by atoms with van der Waals surface area (Å²) in [6.07, 6.45) is -2.60. The summed E-state index contributed by atoms with van der Waals surface area (Å²) in [6.45, 7) is 3.18. The molecule has 0 fully saturated rings. The summed E-state index contributed by atoms with van der Waals surface area (Å²) in [4.78, 5) is 22.8. The molecule has 1 unspecified atom stereocenters. The molecule has 1 atom stereocenters. The van der Waals surface area contributed by atoms with E-state index in [1.54, 1.807) is 12.1 Å². The van der Waals surface area contributed by atoms with Crippen molar-refractivity contribution in [2.45, 2.75) is 39.1 Å². The highest BCUT2D eigenvalue weighted by atomic mass is 19.4. The Morgan fingerprint density at radius 2 is 1.92 bits per heavy atom. The third-order valence-corrected chi connectivity index (χ3v) is 3.28.